The molecular formula is C13H15N3O5. The van der Waals surface area contributed by atoms with E-state index in [1.807, 2.05) is 0 Å². The first kappa shape index (κ1) is 14.8. The van der Waals surface area contributed by atoms with Crippen LogP contribution in [0.15, 0.2) is 24.3 Å². The van der Waals surface area contributed by atoms with Crippen LogP contribution in [0.25, 0.3) is 0 Å². The molecule has 1 heterocycles. The van der Waals surface area contributed by atoms with Gasteiger partial charge in [-0.2, -0.15) is 0 Å². The fourth-order valence-electron chi connectivity index (χ4n) is 2.42. The molecule has 8 nitrogen and oxygen atoms in total. The summed E-state index contributed by atoms with van der Waals surface area (Å²) in [5.41, 5.74) is 0.366. The van der Waals surface area contributed by atoms with E-state index < -0.39 is 22.8 Å². The third kappa shape index (κ3) is 3.10. The number of hydrogen-bond acceptors (Lipinski definition) is 4. The molecule has 2 rings (SSSR count). The molecule has 1 fully saturated rings. The van der Waals surface area contributed by atoms with Gasteiger partial charge in [-0.25, -0.2) is 4.79 Å². The van der Waals surface area contributed by atoms with Crippen LogP contribution in [-0.2, 0) is 4.79 Å². The number of nitrogens with zero attached hydrogens (tertiary/aromatic N) is 2. The number of amides is 2. The fourth-order valence-corrected chi connectivity index (χ4v) is 2.42. The highest BCUT2D eigenvalue weighted by Gasteiger charge is 2.38. The summed E-state index contributed by atoms with van der Waals surface area (Å²) in [6.07, 6.45) is 0.421. The number of hydrogen-bond donors (Lipinski definition) is 2. The molecule has 21 heavy (non-hydrogen) atoms. The van der Waals surface area contributed by atoms with Crippen LogP contribution in [0.3, 0.4) is 0 Å². The summed E-state index contributed by atoms with van der Waals surface area (Å²) in [6, 6.07) is 4.67. The van der Waals surface area contributed by atoms with E-state index in [9.17, 15) is 19.7 Å². The van der Waals surface area contributed by atoms with Crippen LogP contribution in [0.1, 0.15) is 13.3 Å². The van der Waals surface area contributed by atoms with Crippen molar-refractivity contribution in [3.63, 3.8) is 0 Å². The lowest BCUT2D eigenvalue weighted by Crippen LogP contribution is -2.40. The molecule has 2 atom stereocenters. The highest BCUT2D eigenvalue weighted by molar-refractivity contribution is 5.90. The van der Waals surface area contributed by atoms with Gasteiger partial charge < -0.3 is 15.3 Å². The van der Waals surface area contributed by atoms with Gasteiger partial charge in [-0.15, -0.1) is 0 Å². The molecule has 0 aromatic heterocycles. The van der Waals surface area contributed by atoms with Crippen molar-refractivity contribution < 1.29 is 19.6 Å². The van der Waals surface area contributed by atoms with Crippen LogP contribution in [0.4, 0.5) is 16.2 Å². The summed E-state index contributed by atoms with van der Waals surface area (Å²) in [6.45, 7) is 2.07. The standard InChI is InChI=1S/C13H15N3O5/c1-8-11(12(17)18)6-7-15(8)13(19)14-9-2-4-10(5-3-9)16(20)21/h2-5,8,11H,6-7H2,1H3,(H,14,19)(H,17,18). The van der Waals surface area contributed by atoms with Crippen molar-refractivity contribution in [3.8, 4) is 0 Å². The molecule has 2 unspecified atom stereocenters. The molecule has 1 aromatic carbocycles. The zero-order valence-corrected chi connectivity index (χ0v) is 11.4. The van der Waals surface area contributed by atoms with Gasteiger partial charge in [-0.1, -0.05) is 0 Å². The van der Waals surface area contributed by atoms with Crippen molar-refractivity contribution in [2.24, 2.45) is 5.92 Å². The number of benzene rings is 1. The molecule has 1 saturated heterocycles. The number of anilines is 1. The first-order chi connectivity index (χ1) is 9.90. The molecule has 0 aliphatic carbocycles. The Hall–Kier alpha value is -2.64. The number of urea groups is 1. The summed E-state index contributed by atoms with van der Waals surface area (Å²) in [7, 11) is 0. The SMILES string of the molecule is CC1C(C(=O)O)CCN1C(=O)Nc1ccc([N+](=O)[O-])cc1. The van der Waals surface area contributed by atoms with Gasteiger partial charge in [0.1, 0.15) is 0 Å². The van der Waals surface area contributed by atoms with E-state index in [0.29, 0.717) is 18.7 Å². The molecule has 1 aliphatic rings. The molecular weight excluding hydrogens is 278 g/mol. The van der Waals surface area contributed by atoms with Crippen molar-refractivity contribution in [1.82, 2.24) is 4.90 Å². The lowest BCUT2D eigenvalue weighted by atomic mass is 10.0. The van der Waals surface area contributed by atoms with Gasteiger partial charge in [0.2, 0.25) is 0 Å². The van der Waals surface area contributed by atoms with Crippen LogP contribution >= 0.6 is 0 Å². The second kappa shape index (κ2) is 5.78. The van der Waals surface area contributed by atoms with Crippen molar-refractivity contribution in [2.75, 3.05) is 11.9 Å². The Labute approximate surface area is 120 Å². The van der Waals surface area contributed by atoms with Crippen molar-refractivity contribution in [2.45, 2.75) is 19.4 Å². The largest absolute Gasteiger partial charge is 0.481 e. The third-order valence-electron chi connectivity index (χ3n) is 3.66. The predicted molar refractivity (Wildman–Crippen MR) is 74.0 cm³/mol. The van der Waals surface area contributed by atoms with Gasteiger partial charge in [0.15, 0.2) is 0 Å². The van der Waals surface area contributed by atoms with Crippen molar-refractivity contribution in [3.05, 3.63) is 34.4 Å². The van der Waals surface area contributed by atoms with E-state index in [4.69, 9.17) is 5.11 Å². The number of aliphatic carboxylic acids is 1. The molecule has 0 bridgehead atoms. The Morgan fingerprint density at radius 2 is 2.00 bits per heavy atom. The zero-order chi connectivity index (χ0) is 15.6. The van der Waals surface area contributed by atoms with Crippen LogP contribution in [-0.4, -0.2) is 39.5 Å². The van der Waals surface area contributed by atoms with Gasteiger partial charge in [-0.05, 0) is 25.5 Å². The summed E-state index contributed by atoms with van der Waals surface area (Å²) in [5.74, 6) is -1.47. The Bertz CT molecular complexity index is 572. The van der Waals surface area contributed by atoms with Crippen LogP contribution in [0.5, 0.6) is 0 Å². The Kier molecular flexibility index (Phi) is 4.06. The molecule has 2 N–H and O–H groups in total. The van der Waals surface area contributed by atoms with Gasteiger partial charge in [0, 0.05) is 30.4 Å². The predicted octanol–water partition coefficient (Wildman–Crippen LogP) is 1.92. The van der Waals surface area contributed by atoms with Gasteiger partial charge in [0.05, 0.1) is 10.8 Å². The third-order valence-corrected chi connectivity index (χ3v) is 3.66. The Morgan fingerprint density at radius 1 is 1.38 bits per heavy atom. The fraction of sp³-hybridized carbons (Fsp3) is 0.385. The highest BCUT2D eigenvalue weighted by Crippen LogP contribution is 2.25. The van der Waals surface area contributed by atoms with Gasteiger partial charge >= 0.3 is 12.0 Å². The number of nitro benzene ring substituents is 1. The molecule has 1 aromatic rings. The number of likely N-dealkylation sites (tertiary alicyclic amines) is 1. The van der Waals surface area contributed by atoms with Crippen LogP contribution in [0, 0.1) is 16.0 Å². The van der Waals surface area contributed by atoms with E-state index in [2.05, 4.69) is 5.32 Å². The highest BCUT2D eigenvalue weighted by atomic mass is 16.6. The maximum Gasteiger partial charge on any atom is 0.322 e. The topological polar surface area (TPSA) is 113 Å². The maximum atomic E-state index is 12.1. The van der Waals surface area contributed by atoms with Crippen LogP contribution in [0.2, 0.25) is 0 Å². The lowest BCUT2D eigenvalue weighted by molar-refractivity contribution is -0.384. The second-order valence-electron chi connectivity index (χ2n) is 4.90. The molecule has 112 valence electrons. The monoisotopic (exact) mass is 293 g/mol. The van der Waals surface area contributed by atoms with E-state index in [-0.39, 0.29) is 11.7 Å². The minimum atomic E-state index is -0.909. The first-order valence-electron chi connectivity index (χ1n) is 6.45. The minimum absolute atomic E-state index is 0.0616. The number of carbonyl (C=O) groups is 2. The maximum absolute atomic E-state index is 12.1. The summed E-state index contributed by atoms with van der Waals surface area (Å²) >= 11 is 0. The van der Waals surface area contributed by atoms with Crippen molar-refractivity contribution in [1.29, 1.82) is 0 Å². The molecule has 0 radical (unpaired) electrons. The number of carboxylic acids is 1. The molecule has 2 amide bonds. The smallest absolute Gasteiger partial charge is 0.322 e. The first-order valence-corrected chi connectivity index (χ1v) is 6.45. The quantitative estimate of drug-likeness (QED) is 0.653. The lowest BCUT2D eigenvalue weighted by Gasteiger charge is -2.23. The number of nitrogens with one attached hydrogen (secondary N) is 1. The molecule has 8 heteroatoms. The number of nitro groups is 1. The van der Waals surface area contributed by atoms with Crippen LogP contribution < -0.4 is 5.32 Å². The number of non-ortho nitro benzene ring substituents is 1. The number of rotatable bonds is 3. The average Bonchev–Trinajstić information content (AvgIpc) is 2.81. The number of carbonyl (C=O) groups excluding carboxylic acids is 1. The van der Waals surface area contributed by atoms with Gasteiger partial charge in [0.25, 0.3) is 5.69 Å². The molecule has 1 aliphatic heterocycles. The molecule has 0 saturated carbocycles. The number of carboxylic acid groups (broad SMARTS) is 1. The minimum Gasteiger partial charge on any atom is -0.481 e. The summed E-state index contributed by atoms with van der Waals surface area (Å²) in [5, 5.41) is 22.2. The van der Waals surface area contributed by atoms with E-state index >= 15 is 0 Å². The Morgan fingerprint density at radius 3 is 2.48 bits per heavy atom. The zero-order valence-electron chi connectivity index (χ0n) is 11.4. The average molecular weight is 293 g/mol. The normalized spacial score (nSPS) is 21.1. The summed E-state index contributed by atoms with van der Waals surface area (Å²) in [4.78, 5) is 34.6. The second-order valence-corrected chi connectivity index (χ2v) is 4.90. The van der Waals surface area contributed by atoms with Gasteiger partial charge in [-0.3, -0.25) is 14.9 Å². The van der Waals surface area contributed by atoms with E-state index in [1.165, 1.54) is 29.2 Å². The van der Waals surface area contributed by atoms with E-state index in [0.717, 1.165) is 0 Å². The Balaban J connectivity index is 2.02. The van der Waals surface area contributed by atoms with E-state index in [1.54, 1.807) is 6.92 Å². The van der Waals surface area contributed by atoms with Crippen molar-refractivity contribution >= 4 is 23.4 Å². The molecule has 0 spiro atoms. The summed E-state index contributed by atoms with van der Waals surface area (Å²) < 4.78 is 0.